The fourth-order valence-corrected chi connectivity index (χ4v) is 2.34. The molecule has 2 N–H and O–H groups in total. The minimum Gasteiger partial charge on any atom is -0.372 e. The van der Waals surface area contributed by atoms with E-state index >= 15 is 0 Å². The van der Waals surface area contributed by atoms with E-state index < -0.39 is 12.8 Å². The quantitative estimate of drug-likeness (QED) is 0.434. The van der Waals surface area contributed by atoms with E-state index in [1.807, 2.05) is 6.20 Å². The Morgan fingerprint density at radius 2 is 2.18 bits per heavy atom. The first kappa shape index (κ1) is 18.7. The maximum Gasteiger partial charge on any atom is 0.411 e. The molecule has 0 spiro atoms. The van der Waals surface area contributed by atoms with Crippen molar-refractivity contribution in [3.8, 4) is 0 Å². The molecule has 0 unspecified atom stereocenters. The van der Waals surface area contributed by atoms with Crippen molar-refractivity contribution in [3.63, 3.8) is 0 Å². The first-order valence-electron chi connectivity index (χ1n) is 6.97. The average molecular weight is 338 g/mol. The van der Waals surface area contributed by atoms with Gasteiger partial charge in [-0.2, -0.15) is 13.2 Å². The number of rotatable bonds is 8. The van der Waals surface area contributed by atoms with Gasteiger partial charge < -0.3 is 15.4 Å². The molecule has 0 bridgehead atoms. The van der Waals surface area contributed by atoms with Crippen LogP contribution in [0.15, 0.2) is 11.2 Å². The lowest BCUT2D eigenvalue weighted by atomic mass is 10.4. The molecule has 0 atom stereocenters. The molecule has 0 aliphatic carbocycles. The third-order valence-electron chi connectivity index (χ3n) is 2.60. The number of alkyl halides is 3. The van der Waals surface area contributed by atoms with Crippen LogP contribution in [0.25, 0.3) is 0 Å². The van der Waals surface area contributed by atoms with Gasteiger partial charge in [-0.25, -0.2) is 4.98 Å². The molecule has 1 aromatic heterocycles. The van der Waals surface area contributed by atoms with Crippen LogP contribution in [0.4, 0.5) is 13.2 Å². The van der Waals surface area contributed by atoms with E-state index in [0.29, 0.717) is 25.5 Å². The highest BCUT2D eigenvalue weighted by atomic mass is 32.1. The number of hydrogen-bond donors (Lipinski definition) is 2. The van der Waals surface area contributed by atoms with Crippen LogP contribution >= 0.6 is 11.3 Å². The lowest BCUT2D eigenvalue weighted by Gasteiger charge is -2.11. The molecule has 0 aliphatic heterocycles. The average Bonchev–Trinajstić information content (AvgIpc) is 2.92. The van der Waals surface area contributed by atoms with E-state index in [1.54, 1.807) is 18.4 Å². The maximum atomic E-state index is 11.9. The van der Waals surface area contributed by atoms with Gasteiger partial charge in [0.25, 0.3) is 0 Å². The predicted molar refractivity (Wildman–Crippen MR) is 81.2 cm³/mol. The van der Waals surface area contributed by atoms with Crippen LogP contribution in [-0.4, -0.2) is 43.9 Å². The lowest BCUT2D eigenvalue weighted by molar-refractivity contribution is -0.173. The second kappa shape index (κ2) is 9.62. The second-order valence-electron chi connectivity index (χ2n) is 4.45. The first-order valence-corrected chi connectivity index (χ1v) is 7.79. The molecule has 0 saturated heterocycles. The number of nitrogens with one attached hydrogen (secondary N) is 2. The Labute approximate surface area is 132 Å². The summed E-state index contributed by atoms with van der Waals surface area (Å²) in [4.78, 5) is 9.55. The zero-order chi connectivity index (χ0) is 16.4. The monoisotopic (exact) mass is 338 g/mol. The predicted octanol–water partition coefficient (Wildman–Crippen LogP) is 2.34. The largest absolute Gasteiger partial charge is 0.411 e. The number of hydrogen-bond acceptors (Lipinski definition) is 4. The molecule has 1 rings (SSSR count). The molecule has 0 amide bonds. The second-order valence-corrected chi connectivity index (χ2v) is 5.65. The van der Waals surface area contributed by atoms with Crippen LogP contribution < -0.4 is 10.6 Å². The molecule has 1 heterocycles. The van der Waals surface area contributed by atoms with Gasteiger partial charge >= 0.3 is 6.18 Å². The van der Waals surface area contributed by atoms with Crippen molar-refractivity contribution in [3.05, 3.63) is 16.1 Å². The summed E-state index contributed by atoms with van der Waals surface area (Å²) in [6.07, 6.45) is -0.984. The fourth-order valence-electron chi connectivity index (χ4n) is 1.54. The number of aromatic nitrogens is 1. The Balaban J connectivity index is 2.15. The molecule has 0 fully saturated rings. The molecule has 0 aliphatic rings. The van der Waals surface area contributed by atoms with Gasteiger partial charge in [-0.3, -0.25) is 4.99 Å². The van der Waals surface area contributed by atoms with Gasteiger partial charge in [0.1, 0.15) is 11.6 Å². The molecular weight excluding hydrogens is 317 g/mol. The van der Waals surface area contributed by atoms with E-state index in [9.17, 15) is 13.2 Å². The topological polar surface area (TPSA) is 58.5 Å². The Bertz CT molecular complexity index is 462. The maximum absolute atomic E-state index is 11.9. The summed E-state index contributed by atoms with van der Waals surface area (Å²) in [7, 11) is 1.63. The number of thiazole rings is 1. The van der Waals surface area contributed by atoms with Crippen LogP contribution in [0, 0.1) is 0 Å². The van der Waals surface area contributed by atoms with E-state index in [1.165, 1.54) is 4.88 Å². The Morgan fingerprint density at radius 1 is 1.41 bits per heavy atom. The molecule has 1 aromatic rings. The van der Waals surface area contributed by atoms with Crippen molar-refractivity contribution in [1.82, 2.24) is 15.6 Å². The Hall–Kier alpha value is -1.35. The fraction of sp³-hybridized carbons (Fsp3) is 0.692. The number of guanidine groups is 1. The van der Waals surface area contributed by atoms with Crippen molar-refractivity contribution >= 4 is 17.3 Å². The summed E-state index contributed by atoms with van der Waals surface area (Å²) >= 11 is 1.64. The highest BCUT2D eigenvalue weighted by Gasteiger charge is 2.27. The van der Waals surface area contributed by atoms with Gasteiger partial charge in [-0.15, -0.1) is 11.3 Å². The molecular formula is C13H21F3N4OS. The van der Waals surface area contributed by atoms with Crippen molar-refractivity contribution in [2.24, 2.45) is 4.99 Å². The third-order valence-corrected chi connectivity index (χ3v) is 3.75. The van der Waals surface area contributed by atoms with Crippen molar-refractivity contribution in [2.75, 3.05) is 26.8 Å². The highest BCUT2D eigenvalue weighted by Crippen LogP contribution is 2.14. The summed E-state index contributed by atoms with van der Waals surface area (Å²) in [6.45, 7) is 1.97. The normalized spacial score (nSPS) is 12.5. The molecule has 0 saturated carbocycles. The van der Waals surface area contributed by atoms with Crippen LogP contribution in [0.1, 0.15) is 23.2 Å². The minimum absolute atomic E-state index is 0.0514. The molecule has 5 nitrogen and oxygen atoms in total. The van der Waals surface area contributed by atoms with Crippen LogP contribution in [0.3, 0.4) is 0 Å². The summed E-state index contributed by atoms with van der Waals surface area (Å²) in [5, 5.41) is 7.08. The number of halogens is 3. The molecule has 126 valence electrons. The van der Waals surface area contributed by atoms with Crippen molar-refractivity contribution in [2.45, 2.75) is 32.5 Å². The number of aryl methyl sites for hydroxylation is 1. The SMILES string of the molecule is CCc1cnc(CNC(=NC)NCCCOCC(F)(F)F)s1. The van der Waals surface area contributed by atoms with Crippen molar-refractivity contribution < 1.29 is 17.9 Å². The number of ether oxygens (including phenoxy) is 1. The van der Waals surface area contributed by atoms with Crippen LogP contribution in [0.2, 0.25) is 0 Å². The minimum atomic E-state index is -4.27. The summed E-state index contributed by atoms with van der Waals surface area (Å²) < 4.78 is 40.1. The number of nitrogens with zero attached hydrogens (tertiary/aromatic N) is 2. The Kier molecular flexibility index (Phi) is 8.18. The lowest BCUT2D eigenvalue weighted by Crippen LogP contribution is -2.37. The number of aliphatic imine (C=N–C) groups is 1. The van der Waals surface area contributed by atoms with E-state index in [-0.39, 0.29) is 6.61 Å². The zero-order valence-corrected chi connectivity index (χ0v) is 13.5. The summed E-state index contributed by atoms with van der Waals surface area (Å²) in [5.41, 5.74) is 0. The van der Waals surface area contributed by atoms with Gasteiger partial charge in [-0.1, -0.05) is 6.92 Å². The van der Waals surface area contributed by atoms with Gasteiger partial charge in [0.2, 0.25) is 0 Å². The van der Waals surface area contributed by atoms with E-state index in [4.69, 9.17) is 0 Å². The van der Waals surface area contributed by atoms with Crippen LogP contribution in [-0.2, 0) is 17.7 Å². The molecule has 22 heavy (non-hydrogen) atoms. The van der Waals surface area contributed by atoms with Gasteiger partial charge in [0.05, 0.1) is 6.54 Å². The van der Waals surface area contributed by atoms with Crippen molar-refractivity contribution in [1.29, 1.82) is 0 Å². The van der Waals surface area contributed by atoms with Gasteiger partial charge in [0, 0.05) is 31.3 Å². The smallest absolute Gasteiger partial charge is 0.372 e. The first-order chi connectivity index (χ1) is 10.4. The standard InChI is InChI=1S/C13H21F3N4OS/c1-3-10-7-19-11(22-10)8-20-12(17-2)18-5-4-6-21-9-13(14,15)16/h7H,3-6,8-9H2,1-2H3,(H2,17,18,20). The summed E-state index contributed by atoms with van der Waals surface area (Å²) in [5.74, 6) is 0.587. The third kappa shape index (κ3) is 8.18. The molecule has 0 radical (unpaired) electrons. The van der Waals surface area contributed by atoms with E-state index in [2.05, 4.69) is 32.3 Å². The highest BCUT2D eigenvalue weighted by molar-refractivity contribution is 7.11. The molecule has 9 heteroatoms. The zero-order valence-electron chi connectivity index (χ0n) is 12.7. The summed E-state index contributed by atoms with van der Waals surface area (Å²) in [6, 6.07) is 0. The van der Waals surface area contributed by atoms with E-state index in [0.717, 1.165) is 11.4 Å². The van der Waals surface area contributed by atoms with Crippen LogP contribution in [0.5, 0.6) is 0 Å². The van der Waals surface area contributed by atoms with Gasteiger partial charge in [0.15, 0.2) is 5.96 Å². The van der Waals surface area contributed by atoms with Gasteiger partial charge in [-0.05, 0) is 12.8 Å². The molecule has 0 aromatic carbocycles. The Morgan fingerprint density at radius 3 is 2.77 bits per heavy atom.